The van der Waals surface area contributed by atoms with Crippen LogP contribution in [-0.2, 0) is 18.4 Å². The minimum atomic E-state index is -1.56. The van der Waals surface area contributed by atoms with Gasteiger partial charge in [-0.05, 0) is 84.2 Å². The van der Waals surface area contributed by atoms with Crippen molar-refractivity contribution >= 4 is 51.1 Å². The highest BCUT2D eigenvalue weighted by molar-refractivity contribution is 9.08. The average Bonchev–Trinajstić information content (AvgIpc) is 3.31. The van der Waals surface area contributed by atoms with Gasteiger partial charge in [0.05, 0.1) is 27.3 Å². The summed E-state index contributed by atoms with van der Waals surface area (Å²) >= 11 is 5.52. The maximum atomic E-state index is 13.5. The van der Waals surface area contributed by atoms with Gasteiger partial charge in [0.1, 0.15) is 18.6 Å². The van der Waals surface area contributed by atoms with Crippen LogP contribution in [0.1, 0.15) is 22.3 Å². The van der Waals surface area contributed by atoms with Crippen LogP contribution in [0.25, 0.3) is 0 Å². The SMILES string of the molecule is COc1cc(C)c(Nc2nc(=O)cnn2Cc2cc(F)c(F)c(F)c2)cc1OC.CSc1nc(=O)cnn1Cc1cc(F)c(F)c(F)c1.CSc1nncc(=O)[nH]1.Fc1cc(CBr)cc(F)c1F. The fourth-order valence-corrected chi connectivity index (χ4v) is 6.39. The molecular formula is C41H34BrF9N10O5S2. The number of aromatic nitrogens is 9. The first-order valence-electron chi connectivity index (χ1n) is 18.6. The quantitative estimate of drug-likeness (QED) is 0.0552. The molecule has 0 bridgehead atoms. The maximum absolute atomic E-state index is 13.5. The number of aromatic amines is 1. The van der Waals surface area contributed by atoms with Crippen LogP contribution >= 0.6 is 39.5 Å². The zero-order valence-electron chi connectivity index (χ0n) is 35.7. The molecule has 0 aliphatic rings. The standard InChI is InChI=1S/C19H17F3N4O3.C11H8F3N3OS.C7H4BrF3.C4H5N3OS/c1-10-4-15(28-2)16(29-3)7-14(10)24-19-25-17(27)8-23-26(19)9-11-5-12(20)18(22)13(21)6-11;1-19-11-16-9(18)4-15-17(11)5-6-2-7(12)10(14)8(13)3-6;8-3-4-1-5(9)7(11)6(10)2-4;1-9-4-6-3(8)2-5-7-4/h4-8H,9H2,1-3H3,(H,24,25,27);2-4H,5H2,1H3;1-2H,3H2;2H,1H3,(H,6,7,8). The molecule has 7 rings (SSSR count). The van der Waals surface area contributed by atoms with Crippen molar-refractivity contribution in [2.24, 2.45) is 0 Å². The monoisotopic (exact) mass is 1060 g/mol. The van der Waals surface area contributed by atoms with E-state index in [1.807, 2.05) is 6.26 Å². The lowest BCUT2D eigenvalue weighted by molar-refractivity contribution is 0.355. The molecule has 0 radical (unpaired) electrons. The van der Waals surface area contributed by atoms with Crippen molar-refractivity contribution < 1.29 is 49.0 Å². The van der Waals surface area contributed by atoms with E-state index in [4.69, 9.17) is 9.47 Å². The maximum Gasteiger partial charge on any atom is 0.293 e. The van der Waals surface area contributed by atoms with Crippen LogP contribution in [0.5, 0.6) is 11.5 Å². The third-order valence-electron chi connectivity index (χ3n) is 8.36. The number of nitrogens with one attached hydrogen (secondary N) is 2. The fourth-order valence-electron chi connectivity index (χ4n) is 5.24. The van der Waals surface area contributed by atoms with E-state index in [1.165, 1.54) is 47.1 Å². The summed E-state index contributed by atoms with van der Waals surface area (Å²) in [7, 11) is 2.98. The molecule has 7 aromatic rings. The summed E-state index contributed by atoms with van der Waals surface area (Å²) in [6.07, 6.45) is 6.60. The number of ether oxygens (including phenoxy) is 2. The van der Waals surface area contributed by atoms with E-state index in [-0.39, 0.29) is 35.7 Å². The number of thioether (sulfide) groups is 2. The minimum absolute atomic E-state index is 0.0163. The molecule has 27 heteroatoms. The van der Waals surface area contributed by atoms with Gasteiger partial charge in [-0.2, -0.15) is 25.3 Å². The fraction of sp³-hybridized carbons (Fsp3) is 0.195. The van der Waals surface area contributed by atoms with Crippen LogP contribution in [0.3, 0.4) is 0 Å². The molecule has 3 heterocycles. The molecule has 68 heavy (non-hydrogen) atoms. The summed E-state index contributed by atoms with van der Waals surface area (Å²) in [5, 5.41) is 18.9. The van der Waals surface area contributed by atoms with Gasteiger partial charge in [-0.1, -0.05) is 39.5 Å². The number of hydrogen-bond donors (Lipinski definition) is 2. The van der Waals surface area contributed by atoms with Gasteiger partial charge in [-0.15, -0.1) is 5.10 Å². The van der Waals surface area contributed by atoms with Crippen molar-refractivity contribution in [3.05, 3.63) is 173 Å². The highest BCUT2D eigenvalue weighted by atomic mass is 79.9. The molecule has 0 aliphatic carbocycles. The first-order chi connectivity index (χ1) is 32.3. The normalized spacial score (nSPS) is 10.5. The summed E-state index contributed by atoms with van der Waals surface area (Å²) in [4.78, 5) is 43.3. The smallest absolute Gasteiger partial charge is 0.293 e. The van der Waals surface area contributed by atoms with Crippen molar-refractivity contribution in [1.82, 2.24) is 44.7 Å². The molecule has 15 nitrogen and oxygen atoms in total. The van der Waals surface area contributed by atoms with Gasteiger partial charge in [0.2, 0.25) is 5.95 Å². The van der Waals surface area contributed by atoms with Gasteiger partial charge in [0.15, 0.2) is 74.2 Å². The average molecular weight is 1060 g/mol. The Bertz CT molecular complexity index is 2990. The van der Waals surface area contributed by atoms with Crippen LogP contribution in [0, 0.1) is 59.3 Å². The number of rotatable bonds is 11. The van der Waals surface area contributed by atoms with Gasteiger partial charge in [-0.25, -0.2) is 48.9 Å². The lowest BCUT2D eigenvalue weighted by Crippen LogP contribution is -2.19. The predicted octanol–water partition coefficient (Wildman–Crippen LogP) is 7.88. The zero-order valence-corrected chi connectivity index (χ0v) is 38.9. The molecule has 0 aliphatic heterocycles. The highest BCUT2D eigenvalue weighted by Gasteiger charge is 2.16. The summed E-state index contributed by atoms with van der Waals surface area (Å²) in [6, 6.07) is 8.73. The Labute approximate surface area is 395 Å². The van der Waals surface area contributed by atoms with Crippen molar-refractivity contribution in [2.75, 3.05) is 32.0 Å². The molecule has 4 aromatic carbocycles. The van der Waals surface area contributed by atoms with E-state index in [0.29, 0.717) is 38.4 Å². The highest BCUT2D eigenvalue weighted by Crippen LogP contribution is 2.34. The predicted molar refractivity (Wildman–Crippen MR) is 236 cm³/mol. The van der Waals surface area contributed by atoms with Crippen LogP contribution < -0.4 is 31.5 Å². The lowest BCUT2D eigenvalue weighted by Gasteiger charge is -2.16. The molecule has 0 saturated carbocycles. The Kier molecular flexibility index (Phi) is 20.1. The van der Waals surface area contributed by atoms with Crippen molar-refractivity contribution in [1.29, 1.82) is 0 Å². The van der Waals surface area contributed by atoms with Crippen LogP contribution in [0.2, 0.25) is 0 Å². The van der Waals surface area contributed by atoms with Gasteiger partial charge in [0.25, 0.3) is 16.7 Å². The van der Waals surface area contributed by atoms with Crippen LogP contribution in [-0.4, -0.2) is 71.4 Å². The summed E-state index contributed by atoms with van der Waals surface area (Å²) < 4.78 is 129. The van der Waals surface area contributed by atoms with E-state index in [2.05, 4.69) is 56.6 Å². The Balaban J connectivity index is 0.000000220. The molecule has 3 aromatic heterocycles. The largest absolute Gasteiger partial charge is 0.493 e. The number of nitrogens with zero attached hydrogens (tertiary/aromatic N) is 8. The Hall–Kier alpha value is -6.74. The Morgan fingerprint density at radius 1 is 0.632 bits per heavy atom. The van der Waals surface area contributed by atoms with Gasteiger partial charge < -0.3 is 14.8 Å². The second-order valence-electron chi connectivity index (χ2n) is 13.1. The lowest BCUT2D eigenvalue weighted by atomic mass is 10.1. The number of aryl methyl sites for hydroxylation is 1. The Morgan fingerprint density at radius 2 is 1.09 bits per heavy atom. The number of H-pyrrole nitrogens is 1. The topological polar surface area (TPSA) is 185 Å². The number of anilines is 2. The zero-order chi connectivity index (χ0) is 50.2. The second kappa shape index (κ2) is 25.4. The number of benzene rings is 4. The molecule has 0 unspecified atom stereocenters. The number of hydrogen-bond acceptors (Lipinski definition) is 14. The second-order valence-corrected chi connectivity index (χ2v) is 15.2. The molecule has 2 N–H and O–H groups in total. The number of halogens is 10. The summed E-state index contributed by atoms with van der Waals surface area (Å²) in [6.45, 7) is 1.63. The molecule has 0 spiro atoms. The molecule has 0 saturated heterocycles. The van der Waals surface area contributed by atoms with Gasteiger partial charge in [-0.3, -0.25) is 19.4 Å². The van der Waals surface area contributed by atoms with Gasteiger partial charge in [0, 0.05) is 17.1 Å². The first-order valence-corrected chi connectivity index (χ1v) is 22.2. The van der Waals surface area contributed by atoms with Crippen LogP contribution in [0.15, 0.2) is 91.8 Å². The van der Waals surface area contributed by atoms with E-state index in [1.54, 1.807) is 25.3 Å². The summed E-state index contributed by atoms with van der Waals surface area (Å²) in [5.74, 6) is -11.0. The van der Waals surface area contributed by atoms with E-state index < -0.39 is 63.5 Å². The molecule has 0 fully saturated rings. The van der Waals surface area contributed by atoms with E-state index in [9.17, 15) is 53.9 Å². The number of alkyl halides is 1. The van der Waals surface area contributed by atoms with Crippen molar-refractivity contribution in [3.63, 3.8) is 0 Å². The third kappa shape index (κ3) is 15.1. The van der Waals surface area contributed by atoms with Crippen molar-refractivity contribution in [2.45, 2.75) is 35.7 Å². The molecular weight excluding hydrogens is 1030 g/mol. The van der Waals surface area contributed by atoms with Crippen molar-refractivity contribution in [3.8, 4) is 11.5 Å². The van der Waals surface area contributed by atoms with Crippen LogP contribution in [0.4, 0.5) is 51.1 Å². The molecule has 0 atom stereocenters. The van der Waals surface area contributed by atoms with Gasteiger partial charge >= 0.3 is 0 Å². The first kappa shape index (κ1) is 53.9. The summed E-state index contributed by atoms with van der Waals surface area (Å²) in [5.41, 5.74) is 0.640. The molecule has 0 amide bonds. The van der Waals surface area contributed by atoms with E-state index in [0.717, 1.165) is 60.6 Å². The third-order valence-corrected chi connectivity index (χ3v) is 10.2. The minimum Gasteiger partial charge on any atom is -0.493 e. The Morgan fingerprint density at radius 3 is 1.53 bits per heavy atom. The molecule has 360 valence electrons. The van der Waals surface area contributed by atoms with E-state index >= 15 is 0 Å². The number of methoxy groups -OCH3 is 2.